The SMILES string of the molecule is c1ccc(-c2ccccc2-c2c(-c3ccccc3)cccc2-c2ccc(N(c3cccc(-c4cccc5ccccc45)c3)c3ccc4c(c3)oc3ccccc34)cc2)cc1. The number of hydrogen-bond donors (Lipinski definition) is 0. The lowest BCUT2D eigenvalue weighted by Crippen LogP contribution is -2.10. The van der Waals surface area contributed by atoms with E-state index < -0.39 is 0 Å². The average molecular weight is 766 g/mol. The van der Waals surface area contributed by atoms with Gasteiger partial charge < -0.3 is 9.32 Å². The lowest BCUT2D eigenvalue weighted by Gasteiger charge is -2.26. The van der Waals surface area contributed by atoms with E-state index in [1.165, 1.54) is 55.3 Å². The van der Waals surface area contributed by atoms with Crippen LogP contribution < -0.4 is 4.90 Å². The highest BCUT2D eigenvalue weighted by Gasteiger charge is 2.20. The molecule has 0 amide bonds. The number of rotatable bonds is 8. The minimum Gasteiger partial charge on any atom is -0.456 e. The molecule has 0 bridgehead atoms. The highest BCUT2D eigenvalue weighted by atomic mass is 16.3. The predicted molar refractivity (Wildman–Crippen MR) is 253 cm³/mol. The van der Waals surface area contributed by atoms with Gasteiger partial charge in [0, 0.05) is 33.9 Å². The first-order valence-electron chi connectivity index (χ1n) is 20.5. The molecule has 1 heterocycles. The number of nitrogens with zero attached hydrogens (tertiary/aromatic N) is 1. The first-order chi connectivity index (χ1) is 29.8. The number of fused-ring (bicyclic) bond motifs is 4. The molecule has 2 nitrogen and oxygen atoms in total. The summed E-state index contributed by atoms with van der Waals surface area (Å²) in [4.78, 5) is 2.34. The molecule has 11 rings (SSSR count). The number of anilines is 3. The van der Waals surface area contributed by atoms with Crippen LogP contribution in [0, 0.1) is 0 Å². The number of hydrogen-bond acceptors (Lipinski definition) is 2. The fourth-order valence-corrected chi connectivity index (χ4v) is 8.89. The van der Waals surface area contributed by atoms with Gasteiger partial charge in [-0.15, -0.1) is 0 Å². The van der Waals surface area contributed by atoms with Crippen molar-refractivity contribution >= 4 is 49.8 Å². The third-order valence-corrected chi connectivity index (χ3v) is 11.7. The number of benzene rings is 10. The second-order valence-electron chi connectivity index (χ2n) is 15.2. The van der Waals surface area contributed by atoms with Gasteiger partial charge in [-0.2, -0.15) is 0 Å². The van der Waals surface area contributed by atoms with Gasteiger partial charge in [-0.25, -0.2) is 0 Å². The van der Waals surface area contributed by atoms with Crippen LogP contribution in [0.15, 0.2) is 241 Å². The Morgan fingerprint density at radius 3 is 1.55 bits per heavy atom. The van der Waals surface area contributed by atoms with E-state index in [0.29, 0.717) is 0 Å². The van der Waals surface area contributed by atoms with E-state index in [9.17, 15) is 0 Å². The van der Waals surface area contributed by atoms with Crippen LogP contribution >= 0.6 is 0 Å². The Bertz CT molecular complexity index is 3300. The summed E-state index contributed by atoms with van der Waals surface area (Å²) in [6.07, 6.45) is 0. The molecular formula is C58H39NO. The first kappa shape index (κ1) is 35.2. The highest BCUT2D eigenvalue weighted by molar-refractivity contribution is 6.06. The van der Waals surface area contributed by atoms with Crippen LogP contribution in [0.1, 0.15) is 0 Å². The van der Waals surface area contributed by atoms with Gasteiger partial charge in [-0.1, -0.05) is 188 Å². The van der Waals surface area contributed by atoms with Crippen molar-refractivity contribution in [1.29, 1.82) is 0 Å². The van der Waals surface area contributed by atoms with Crippen molar-refractivity contribution in [1.82, 2.24) is 0 Å². The van der Waals surface area contributed by atoms with Gasteiger partial charge in [0.1, 0.15) is 11.2 Å². The maximum atomic E-state index is 6.45. The first-order valence-corrected chi connectivity index (χ1v) is 20.5. The van der Waals surface area contributed by atoms with Gasteiger partial charge in [0.2, 0.25) is 0 Å². The lowest BCUT2D eigenvalue weighted by molar-refractivity contribution is 0.669. The van der Waals surface area contributed by atoms with Crippen LogP contribution in [0.25, 0.3) is 88.3 Å². The zero-order valence-electron chi connectivity index (χ0n) is 32.9. The van der Waals surface area contributed by atoms with Gasteiger partial charge in [-0.05, 0) is 109 Å². The fraction of sp³-hybridized carbons (Fsp3) is 0. The molecule has 0 unspecified atom stereocenters. The molecule has 10 aromatic carbocycles. The summed E-state index contributed by atoms with van der Waals surface area (Å²) < 4.78 is 6.45. The Morgan fingerprint density at radius 1 is 0.267 bits per heavy atom. The van der Waals surface area contributed by atoms with Crippen molar-refractivity contribution < 1.29 is 4.42 Å². The summed E-state index contributed by atoms with van der Waals surface area (Å²) in [7, 11) is 0. The molecule has 11 aromatic rings. The van der Waals surface area contributed by atoms with Crippen molar-refractivity contribution in [2.45, 2.75) is 0 Å². The number of para-hydroxylation sites is 1. The monoisotopic (exact) mass is 765 g/mol. The Hall–Kier alpha value is -7.94. The van der Waals surface area contributed by atoms with Crippen molar-refractivity contribution in [3.63, 3.8) is 0 Å². The normalized spacial score (nSPS) is 11.3. The summed E-state index contributed by atoms with van der Waals surface area (Å²) in [5.41, 5.74) is 16.8. The number of furan rings is 1. The summed E-state index contributed by atoms with van der Waals surface area (Å²) >= 11 is 0. The molecule has 0 aliphatic rings. The minimum atomic E-state index is 0.861. The van der Waals surface area contributed by atoms with Crippen LogP contribution in [0.4, 0.5) is 17.1 Å². The third-order valence-electron chi connectivity index (χ3n) is 11.7. The van der Waals surface area contributed by atoms with Gasteiger partial charge >= 0.3 is 0 Å². The van der Waals surface area contributed by atoms with Gasteiger partial charge in [-0.3, -0.25) is 0 Å². The molecule has 60 heavy (non-hydrogen) atoms. The molecule has 0 saturated carbocycles. The Balaban J connectivity index is 1.08. The molecule has 0 N–H and O–H groups in total. The van der Waals surface area contributed by atoms with Crippen molar-refractivity contribution in [3.05, 3.63) is 237 Å². The largest absolute Gasteiger partial charge is 0.456 e. The van der Waals surface area contributed by atoms with E-state index in [2.05, 4.69) is 229 Å². The topological polar surface area (TPSA) is 16.4 Å². The van der Waals surface area contributed by atoms with Gasteiger partial charge in [0.15, 0.2) is 0 Å². The molecule has 1 aromatic heterocycles. The second kappa shape index (κ2) is 15.1. The van der Waals surface area contributed by atoms with Crippen LogP contribution in [-0.4, -0.2) is 0 Å². The molecule has 0 fully saturated rings. The molecule has 0 spiro atoms. The predicted octanol–water partition coefficient (Wildman–Crippen LogP) is 16.5. The fourth-order valence-electron chi connectivity index (χ4n) is 8.89. The molecule has 0 aliphatic carbocycles. The zero-order valence-corrected chi connectivity index (χ0v) is 32.9. The van der Waals surface area contributed by atoms with E-state index in [4.69, 9.17) is 4.42 Å². The molecular weight excluding hydrogens is 727 g/mol. The van der Waals surface area contributed by atoms with E-state index >= 15 is 0 Å². The van der Waals surface area contributed by atoms with Crippen molar-refractivity contribution in [2.75, 3.05) is 4.90 Å². The third kappa shape index (κ3) is 6.32. The summed E-state index contributed by atoms with van der Waals surface area (Å²) in [6.45, 7) is 0. The maximum Gasteiger partial charge on any atom is 0.137 e. The minimum absolute atomic E-state index is 0.861. The molecule has 0 saturated heterocycles. The Kier molecular flexibility index (Phi) is 8.87. The second-order valence-corrected chi connectivity index (χ2v) is 15.2. The van der Waals surface area contributed by atoms with Crippen molar-refractivity contribution in [2.24, 2.45) is 0 Å². The van der Waals surface area contributed by atoms with Crippen molar-refractivity contribution in [3.8, 4) is 55.6 Å². The van der Waals surface area contributed by atoms with Crippen LogP contribution in [0.3, 0.4) is 0 Å². The van der Waals surface area contributed by atoms with Gasteiger partial charge in [0.05, 0.1) is 0 Å². The van der Waals surface area contributed by atoms with E-state index in [0.717, 1.165) is 50.1 Å². The Morgan fingerprint density at radius 2 is 0.767 bits per heavy atom. The Labute approximate surface area is 349 Å². The standard InChI is InChI=1S/C58H39NO/c1-3-16-40(17-4-1)49-25-9-10-27-55(49)58-51(42-18-5-2-6-19-42)29-15-30-52(58)43-32-34-45(35-33-43)59(47-36-37-54-53-26-11-12-31-56(53)60-57(54)39-47)46-23-13-22-44(38-46)50-28-14-21-41-20-7-8-24-48(41)50/h1-39H. The van der Waals surface area contributed by atoms with E-state index in [1.54, 1.807) is 0 Å². The van der Waals surface area contributed by atoms with Crippen LogP contribution in [-0.2, 0) is 0 Å². The van der Waals surface area contributed by atoms with E-state index in [-0.39, 0.29) is 0 Å². The average Bonchev–Trinajstić information content (AvgIpc) is 3.70. The molecule has 0 atom stereocenters. The molecule has 282 valence electrons. The summed E-state index contributed by atoms with van der Waals surface area (Å²) in [5.74, 6) is 0. The quantitative estimate of drug-likeness (QED) is 0.153. The van der Waals surface area contributed by atoms with E-state index in [1.807, 2.05) is 12.1 Å². The van der Waals surface area contributed by atoms with Gasteiger partial charge in [0.25, 0.3) is 0 Å². The van der Waals surface area contributed by atoms with Crippen LogP contribution in [0.5, 0.6) is 0 Å². The molecule has 0 radical (unpaired) electrons. The lowest BCUT2D eigenvalue weighted by atomic mass is 9.84. The van der Waals surface area contributed by atoms with Crippen LogP contribution in [0.2, 0.25) is 0 Å². The summed E-state index contributed by atoms with van der Waals surface area (Å²) in [6, 6.07) is 84.9. The zero-order chi connectivity index (χ0) is 39.8. The maximum absolute atomic E-state index is 6.45. The smallest absolute Gasteiger partial charge is 0.137 e. The molecule has 2 heteroatoms. The summed E-state index contributed by atoms with van der Waals surface area (Å²) in [5, 5.41) is 4.69. The molecule has 0 aliphatic heterocycles. The highest BCUT2D eigenvalue weighted by Crippen LogP contribution is 2.46.